The molecule has 1 rings (SSSR count). The van der Waals surface area contributed by atoms with Crippen LogP contribution in [-0.2, 0) is 5.75 Å². The Bertz CT molecular complexity index is 410. The lowest BCUT2D eigenvalue weighted by Crippen LogP contribution is -2.18. The first-order valence-corrected chi connectivity index (χ1v) is 8.95. The van der Waals surface area contributed by atoms with Gasteiger partial charge in [-0.05, 0) is 52.2 Å². The molecule has 0 saturated heterocycles. The Morgan fingerprint density at radius 1 is 1.29 bits per heavy atom. The molecule has 1 aromatic rings. The summed E-state index contributed by atoms with van der Waals surface area (Å²) < 4.78 is 5.77. The average molecular weight is 311 g/mol. The molecule has 1 atom stereocenters. The molecule has 0 amide bonds. The normalized spacial score (nSPS) is 12.7. The number of hydrogen-bond acceptors (Lipinski definition) is 4. The minimum atomic E-state index is 0.385. The van der Waals surface area contributed by atoms with Gasteiger partial charge in [-0.15, -0.1) is 0 Å². The predicted octanol–water partition coefficient (Wildman–Crippen LogP) is 3.55. The number of rotatable bonds is 10. The van der Waals surface area contributed by atoms with Crippen LogP contribution in [-0.4, -0.2) is 44.4 Å². The van der Waals surface area contributed by atoms with Gasteiger partial charge in [0.2, 0.25) is 0 Å². The van der Waals surface area contributed by atoms with E-state index in [2.05, 4.69) is 56.4 Å². The number of ether oxygens (including phenoxy) is 1. The molecule has 0 saturated carbocycles. The van der Waals surface area contributed by atoms with Crippen LogP contribution in [0.15, 0.2) is 18.2 Å². The van der Waals surface area contributed by atoms with E-state index in [1.54, 1.807) is 0 Å². The Labute approximate surface area is 134 Å². The van der Waals surface area contributed by atoms with E-state index in [9.17, 15) is 0 Å². The van der Waals surface area contributed by atoms with Gasteiger partial charge in [-0.2, -0.15) is 11.8 Å². The highest BCUT2D eigenvalue weighted by Gasteiger charge is 2.09. The smallest absolute Gasteiger partial charge is 0.123 e. The van der Waals surface area contributed by atoms with E-state index in [4.69, 9.17) is 4.74 Å². The molecule has 0 spiro atoms. The van der Waals surface area contributed by atoms with Crippen LogP contribution in [0.4, 0.5) is 0 Å². The van der Waals surface area contributed by atoms with Crippen molar-refractivity contribution < 1.29 is 4.74 Å². The van der Waals surface area contributed by atoms with Crippen LogP contribution in [0.2, 0.25) is 0 Å². The Kier molecular flexibility index (Phi) is 8.81. The fourth-order valence-electron chi connectivity index (χ4n) is 2.13. The second-order valence-electron chi connectivity index (χ2n) is 5.44. The number of nitrogens with zero attached hydrogens (tertiary/aromatic N) is 1. The zero-order chi connectivity index (χ0) is 15.7. The second kappa shape index (κ2) is 10.1. The monoisotopic (exact) mass is 310 g/mol. The van der Waals surface area contributed by atoms with Crippen LogP contribution in [0.3, 0.4) is 0 Å². The molecular formula is C17H30N2OS. The summed E-state index contributed by atoms with van der Waals surface area (Å²) in [7, 11) is 4.23. The Balaban J connectivity index is 2.73. The third-order valence-electron chi connectivity index (χ3n) is 3.34. The van der Waals surface area contributed by atoms with Gasteiger partial charge in [0.05, 0.1) is 6.61 Å². The van der Waals surface area contributed by atoms with Crippen LogP contribution in [0.5, 0.6) is 5.75 Å². The summed E-state index contributed by atoms with van der Waals surface area (Å²) in [6.07, 6.45) is 0. The first-order valence-electron chi connectivity index (χ1n) is 7.79. The van der Waals surface area contributed by atoms with Gasteiger partial charge < -0.3 is 15.0 Å². The van der Waals surface area contributed by atoms with Crippen LogP contribution in [0.1, 0.15) is 37.9 Å². The topological polar surface area (TPSA) is 24.5 Å². The van der Waals surface area contributed by atoms with Gasteiger partial charge in [0.25, 0.3) is 0 Å². The lowest BCUT2D eigenvalue weighted by molar-refractivity contribution is 0.337. The van der Waals surface area contributed by atoms with Crippen molar-refractivity contribution in [3.8, 4) is 5.75 Å². The largest absolute Gasteiger partial charge is 0.494 e. The number of benzene rings is 1. The van der Waals surface area contributed by atoms with Gasteiger partial charge in [-0.25, -0.2) is 0 Å². The van der Waals surface area contributed by atoms with E-state index in [0.29, 0.717) is 6.04 Å². The van der Waals surface area contributed by atoms with Crippen molar-refractivity contribution in [1.82, 2.24) is 10.2 Å². The van der Waals surface area contributed by atoms with Crippen molar-refractivity contribution in [2.75, 3.05) is 39.5 Å². The summed E-state index contributed by atoms with van der Waals surface area (Å²) in [6, 6.07) is 6.97. The quantitative estimate of drug-likeness (QED) is 0.668. The summed E-state index contributed by atoms with van der Waals surface area (Å²) in [5.41, 5.74) is 2.64. The van der Waals surface area contributed by atoms with Crippen molar-refractivity contribution in [2.45, 2.75) is 32.6 Å². The molecule has 0 aromatic heterocycles. The molecule has 1 unspecified atom stereocenters. The highest BCUT2D eigenvalue weighted by Crippen LogP contribution is 2.27. The first kappa shape index (κ1) is 18.3. The standard InChI is InChI=1S/C17H30N2OS/c1-6-18-14(3)15-8-9-17(20-7-2)16(12-15)13-21-11-10-19(4)5/h8-9,12,14,18H,6-7,10-11,13H2,1-5H3. The van der Waals surface area contributed by atoms with Gasteiger partial charge in [0, 0.05) is 29.7 Å². The second-order valence-corrected chi connectivity index (χ2v) is 6.54. The van der Waals surface area contributed by atoms with Gasteiger partial charge in [-0.1, -0.05) is 13.0 Å². The molecule has 0 radical (unpaired) electrons. The lowest BCUT2D eigenvalue weighted by atomic mass is 10.0. The Hall–Kier alpha value is -0.710. The van der Waals surface area contributed by atoms with Crippen LogP contribution in [0.25, 0.3) is 0 Å². The fraction of sp³-hybridized carbons (Fsp3) is 0.647. The number of thioether (sulfide) groups is 1. The van der Waals surface area contributed by atoms with Crippen molar-refractivity contribution in [3.63, 3.8) is 0 Å². The highest BCUT2D eigenvalue weighted by molar-refractivity contribution is 7.98. The first-order chi connectivity index (χ1) is 10.1. The Morgan fingerprint density at radius 3 is 2.67 bits per heavy atom. The molecule has 4 heteroatoms. The van der Waals surface area contributed by atoms with Crippen molar-refractivity contribution in [2.24, 2.45) is 0 Å². The summed E-state index contributed by atoms with van der Waals surface area (Å²) in [6.45, 7) is 9.21. The Morgan fingerprint density at radius 2 is 2.05 bits per heavy atom. The predicted molar refractivity (Wildman–Crippen MR) is 94.4 cm³/mol. The summed E-state index contributed by atoms with van der Waals surface area (Å²) in [5.74, 6) is 3.18. The molecule has 0 aliphatic carbocycles. The zero-order valence-electron chi connectivity index (χ0n) is 14.1. The molecule has 3 nitrogen and oxygen atoms in total. The van der Waals surface area contributed by atoms with E-state index < -0.39 is 0 Å². The van der Waals surface area contributed by atoms with Gasteiger partial charge in [0.1, 0.15) is 5.75 Å². The molecule has 0 aliphatic rings. The number of nitrogens with one attached hydrogen (secondary N) is 1. The summed E-state index contributed by atoms with van der Waals surface area (Å²) in [4.78, 5) is 2.22. The maximum atomic E-state index is 5.77. The molecule has 0 fully saturated rings. The van der Waals surface area contributed by atoms with E-state index >= 15 is 0 Å². The molecular weight excluding hydrogens is 280 g/mol. The summed E-state index contributed by atoms with van der Waals surface area (Å²) >= 11 is 1.97. The van der Waals surface area contributed by atoms with Crippen LogP contribution in [0, 0.1) is 0 Å². The minimum absolute atomic E-state index is 0.385. The van der Waals surface area contributed by atoms with Gasteiger partial charge in [0.15, 0.2) is 0 Å². The molecule has 21 heavy (non-hydrogen) atoms. The lowest BCUT2D eigenvalue weighted by Gasteiger charge is -2.17. The van der Waals surface area contributed by atoms with Crippen molar-refractivity contribution in [1.29, 1.82) is 0 Å². The van der Waals surface area contributed by atoms with Crippen LogP contribution < -0.4 is 10.1 Å². The molecule has 0 heterocycles. The number of hydrogen-bond donors (Lipinski definition) is 1. The zero-order valence-corrected chi connectivity index (χ0v) is 14.9. The molecule has 1 aromatic carbocycles. The van der Waals surface area contributed by atoms with E-state index in [0.717, 1.165) is 37.0 Å². The maximum Gasteiger partial charge on any atom is 0.123 e. The van der Waals surface area contributed by atoms with E-state index in [-0.39, 0.29) is 0 Å². The fourth-order valence-corrected chi connectivity index (χ4v) is 3.22. The van der Waals surface area contributed by atoms with Crippen molar-refractivity contribution >= 4 is 11.8 Å². The molecule has 0 bridgehead atoms. The van der Waals surface area contributed by atoms with Crippen molar-refractivity contribution in [3.05, 3.63) is 29.3 Å². The maximum absolute atomic E-state index is 5.77. The van der Waals surface area contributed by atoms with E-state index in [1.165, 1.54) is 11.1 Å². The summed E-state index contributed by atoms with van der Waals surface area (Å²) in [5, 5.41) is 3.47. The molecule has 0 aliphatic heterocycles. The average Bonchev–Trinajstić information content (AvgIpc) is 2.45. The molecule has 120 valence electrons. The highest BCUT2D eigenvalue weighted by atomic mass is 32.2. The third kappa shape index (κ3) is 6.72. The van der Waals surface area contributed by atoms with Gasteiger partial charge in [-0.3, -0.25) is 0 Å². The third-order valence-corrected chi connectivity index (χ3v) is 4.32. The molecule has 1 N–H and O–H groups in total. The van der Waals surface area contributed by atoms with Crippen LogP contribution >= 0.6 is 11.8 Å². The van der Waals surface area contributed by atoms with E-state index in [1.807, 2.05) is 18.7 Å². The minimum Gasteiger partial charge on any atom is -0.494 e. The van der Waals surface area contributed by atoms with Gasteiger partial charge >= 0.3 is 0 Å². The SMILES string of the molecule is CCNC(C)c1ccc(OCC)c(CSCCN(C)C)c1.